The van der Waals surface area contributed by atoms with E-state index in [-0.39, 0.29) is 16.9 Å². The van der Waals surface area contributed by atoms with Crippen LogP contribution >= 0.6 is 0 Å². The highest BCUT2D eigenvalue weighted by atomic mass is 19.4. The molecule has 0 N–H and O–H groups in total. The lowest BCUT2D eigenvalue weighted by Crippen LogP contribution is -2.17. The van der Waals surface area contributed by atoms with Crippen molar-refractivity contribution in [3.05, 3.63) is 36.2 Å². The zero-order valence-electron chi connectivity index (χ0n) is 6.93. The Morgan fingerprint density at radius 2 is 2.00 bits per heavy atom. The third-order valence-corrected chi connectivity index (χ3v) is 1.43. The Balaban J connectivity index is 2.94. The Hall–Kier alpha value is -1.70. The van der Waals surface area contributed by atoms with Crippen molar-refractivity contribution in [1.29, 1.82) is 5.26 Å². The van der Waals surface area contributed by atoms with Gasteiger partial charge in [0.25, 0.3) is 0 Å². The van der Waals surface area contributed by atoms with Gasteiger partial charge < -0.3 is 4.74 Å². The minimum absolute atomic E-state index is 0.203. The lowest BCUT2D eigenvalue weighted by molar-refractivity contribution is -0.274. The number of benzene rings is 1. The summed E-state index contributed by atoms with van der Waals surface area (Å²) in [5, 5.41) is 8.49. The van der Waals surface area contributed by atoms with Gasteiger partial charge in [0, 0.05) is 0 Å². The monoisotopic (exact) mass is 200 g/mol. The van der Waals surface area contributed by atoms with Crippen LogP contribution in [-0.2, 0) is 0 Å². The molecule has 1 aromatic rings. The zero-order valence-corrected chi connectivity index (χ0v) is 6.93. The first-order valence-electron chi connectivity index (χ1n) is 3.54. The summed E-state index contributed by atoms with van der Waals surface area (Å²) in [4.78, 5) is 0. The smallest absolute Gasteiger partial charge is 0.406 e. The van der Waals surface area contributed by atoms with Crippen LogP contribution in [0.2, 0.25) is 0 Å². The van der Waals surface area contributed by atoms with Crippen molar-refractivity contribution >= 4 is 0 Å². The maximum Gasteiger partial charge on any atom is 0.573 e. The molecule has 0 unspecified atom stereocenters. The molecular formula is C9H5F3NO. The first-order chi connectivity index (χ1) is 6.42. The van der Waals surface area contributed by atoms with Crippen LogP contribution in [0, 0.1) is 18.3 Å². The molecule has 1 rings (SSSR count). The summed E-state index contributed by atoms with van der Waals surface area (Å²) in [6.45, 7) is 3.41. The summed E-state index contributed by atoms with van der Waals surface area (Å²) < 4.78 is 38.9. The Kier molecular flexibility index (Phi) is 2.65. The van der Waals surface area contributed by atoms with Crippen LogP contribution in [0.15, 0.2) is 18.2 Å². The van der Waals surface area contributed by atoms with Gasteiger partial charge in [-0.2, -0.15) is 5.26 Å². The molecule has 1 aromatic carbocycles. The Morgan fingerprint density at radius 3 is 2.43 bits per heavy atom. The number of nitriles is 1. The number of ether oxygens (including phenoxy) is 1. The van der Waals surface area contributed by atoms with Gasteiger partial charge in [-0.3, -0.25) is 0 Å². The van der Waals surface area contributed by atoms with Gasteiger partial charge in [-0.25, -0.2) is 0 Å². The number of nitrogens with zero attached hydrogens (tertiary/aromatic N) is 1. The fourth-order valence-electron chi connectivity index (χ4n) is 0.876. The fraction of sp³-hybridized carbons (Fsp3) is 0.111. The van der Waals surface area contributed by atoms with Crippen molar-refractivity contribution in [2.75, 3.05) is 0 Å². The van der Waals surface area contributed by atoms with Crippen LogP contribution in [0.5, 0.6) is 5.75 Å². The lowest BCUT2D eigenvalue weighted by atomic mass is 10.1. The van der Waals surface area contributed by atoms with Crippen LogP contribution in [0.4, 0.5) is 13.2 Å². The zero-order chi connectivity index (χ0) is 10.8. The van der Waals surface area contributed by atoms with E-state index in [4.69, 9.17) is 5.26 Å². The molecule has 14 heavy (non-hydrogen) atoms. The summed E-state index contributed by atoms with van der Waals surface area (Å²) in [7, 11) is 0. The Bertz CT molecular complexity index is 379. The number of rotatable bonds is 1. The van der Waals surface area contributed by atoms with E-state index in [2.05, 4.69) is 11.7 Å². The Labute approximate surface area is 78.5 Å². The van der Waals surface area contributed by atoms with Gasteiger partial charge in [-0.1, -0.05) is 0 Å². The third kappa shape index (κ3) is 2.66. The second-order valence-corrected chi connectivity index (χ2v) is 2.48. The van der Waals surface area contributed by atoms with Gasteiger partial charge in [0.2, 0.25) is 0 Å². The second-order valence-electron chi connectivity index (χ2n) is 2.48. The maximum atomic E-state index is 11.7. The van der Waals surface area contributed by atoms with Crippen molar-refractivity contribution in [3.63, 3.8) is 0 Å². The van der Waals surface area contributed by atoms with E-state index in [1.54, 1.807) is 6.07 Å². The largest absolute Gasteiger partial charge is 0.573 e. The first kappa shape index (κ1) is 10.4. The van der Waals surface area contributed by atoms with E-state index >= 15 is 0 Å². The van der Waals surface area contributed by atoms with Crippen LogP contribution in [0.25, 0.3) is 0 Å². The SMILES string of the molecule is [CH2]c1cc(OC(F)(F)F)ccc1C#N. The summed E-state index contributed by atoms with van der Waals surface area (Å²) in [6.07, 6.45) is -4.72. The summed E-state index contributed by atoms with van der Waals surface area (Å²) in [5.74, 6) is -0.374. The van der Waals surface area contributed by atoms with Crippen molar-refractivity contribution < 1.29 is 17.9 Å². The third-order valence-electron chi connectivity index (χ3n) is 1.43. The topological polar surface area (TPSA) is 33.0 Å². The molecule has 73 valence electrons. The van der Waals surface area contributed by atoms with Gasteiger partial charge in [0.15, 0.2) is 0 Å². The van der Waals surface area contributed by atoms with E-state index in [0.717, 1.165) is 12.1 Å². The quantitative estimate of drug-likeness (QED) is 0.698. The molecule has 5 heteroatoms. The number of hydrogen-bond donors (Lipinski definition) is 0. The fourth-order valence-corrected chi connectivity index (χ4v) is 0.876. The van der Waals surface area contributed by atoms with E-state index in [9.17, 15) is 13.2 Å². The van der Waals surface area contributed by atoms with Gasteiger partial charge >= 0.3 is 6.36 Å². The minimum atomic E-state index is -4.72. The molecular weight excluding hydrogens is 195 g/mol. The van der Waals surface area contributed by atoms with Crippen LogP contribution < -0.4 is 4.74 Å². The van der Waals surface area contributed by atoms with Crippen molar-refractivity contribution in [1.82, 2.24) is 0 Å². The molecule has 0 aliphatic carbocycles. The second kappa shape index (κ2) is 3.58. The highest BCUT2D eigenvalue weighted by Crippen LogP contribution is 2.24. The van der Waals surface area contributed by atoms with E-state index in [0.29, 0.717) is 0 Å². The summed E-state index contributed by atoms with van der Waals surface area (Å²) >= 11 is 0. The normalized spacial score (nSPS) is 10.8. The molecule has 1 radical (unpaired) electrons. The average Bonchev–Trinajstić information content (AvgIpc) is 2.01. The molecule has 0 saturated carbocycles. The number of halogens is 3. The molecule has 2 nitrogen and oxygen atoms in total. The molecule has 0 spiro atoms. The molecule has 0 fully saturated rings. The molecule has 0 heterocycles. The highest BCUT2D eigenvalue weighted by molar-refractivity contribution is 5.44. The van der Waals surface area contributed by atoms with Crippen molar-refractivity contribution in [3.8, 4) is 11.8 Å². The van der Waals surface area contributed by atoms with Gasteiger partial charge in [0.1, 0.15) is 5.75 Å². The minimum Gasteiger partial charge on any atom is -0.406 e. The van der Waals surface area contributed by atoms with Crippen molar-refractivity contribution in [2.24, 2.45) is 0 Å². The molecule has 0 saturated heterocycles. The first-order valence-corrected chi connectivity index (χ1v) is 3.54. The van der Waals surface area contributed by atoms with Crippen LogP contribution in [0.3, 0.4) is 0 Å². The predicted octanol–water partition coefficient (Wildman–Crippen LogP) is 2.64. The van der Waals surface area contributed by atoms with E-state index in [1.165, 1.54) is 6.07 Å². The van der Waals surface area contributed by atoms with Crippen LogP contribution in [0.1, 0.15) is 11.1 Å². The molecule has 0 atom stereocenters. The van der Waals surface area contributed by atoms with Gasteiger partial charge in [-0.15, -0.1) is 13.2 Å². The summed E-state index contributed by atoms with van der Waals surface area (Å²) in [5.41, 5.74) is 0.425. The Morgan fingerprint density at radius 1 is 1.36 bits per heavy atom. The van der Waals surface area contributed by atoms with Crippen LogP contribution in [-0.4, -0.2) is 6.36 Å². The number of hydrogen-bond acceptors (Lipinski definition) is 2. The number of alkyl halides is 3. The van der Waals surface area contributed by atoms with E-state index in [1.807, 2.05) is 0 Å². The van der Waals surface area contributed by atoms with Crippen molar-refractivity contribution in [2.45, 2.75) is 6.36 Å². The molecule has 0 aliphatic rings. The molecule has 0 bridgehead atoms. The molecule has 0 amide bonds. The molecule has 0 aliphatic heterocycles. The van der Waals surface area contributed by atoms with E-state index < -0.39 is 6.36 Å². The van der Waals surface area contributed by atoms with Gasteiger partial charge in [0.05, 0.1) is 11.6 Å². The standard InChI is InChI=1S/C9H5F3NO/c1-6-4-8(14-9(10,11)12)3-2-7(6)5-13/h2-4H,1H2. The lowest BCUT2D eigenvalue weighted by Gasteiger charge is -2.09. The van der Waals surface area contributed by atoms with Gasteiger partial charge in [-0.05, 0) is 30.7 Å². The maximum absolute atomic E-state index is 11.7. The predicted molar refractivity (Wildman–Crippen MR) is 42.3 cm³/mol. The average molecular weight is 200 g/mol. The highest BCUT2D eigenvalue weighted by Gasteiger charge is 2.31. The molecule has 0 aromatic heterocycles. The summed E-state index contributed by atoms with van der Waals surface area (Å²) in [6, 6.07) is 5.14.